The van der Waals surface area contributed by atoms with Crippen molar-refractivity contribution in [3.8, 4) is 0 Å². The molecular formula is C13H16F6N2. The summed E-state index contributed by atoms with van der Waals surface area (Å²) in [6.45, 7) is 0.381. The van der Waals surface area contributed by atoms with Crippen LogP contribution in [0, 0.1) is 0 Å². The quantitative estimate of drug-likeness (QED) is 0.640. The second-order valence-electron chi connectivity index (χ2n) is 4.69. The van der Waals surface area contributed by atoms with E-state index in [1.54, 1.807) is 0 Å². The Morgan fingerprint density at radius 2 is 1.57 bits per heavy atom. The minimum Gasteiger partial charge on any atom is -0.330 e. The SMILES string of the molecule is NCCCC[C@@H](N)c1ccc(C(F)(F)F)cc1C(F)(F)F. The predicted molar refractivity (Wildman–Crippen MR) is 66.3 cm³/mol. The molecule has 0 unspecified atom stereocenters. The molecule has 0 aliphatic rings. The molecule has 0 saturated heterocycles. The third-order valence-electron chi connectivity index (χ3n) is 3.05. The molecule has 8 heteroatoms. The van der Waals surface area contributed by atoms with Crippen LogP contribution in [0.5, 0.6) is 0 Å². The lowest BCUT2D eigenvalue weighted by atomic mass is 9.94. The van der Waals surface area contributed by atoms with Crippen LogP contribution in [0.3, 0.4) is 0 Å². The zero-order valence-electron chi connectivity index (χ0n) is 11.1. The number of hydrogen-bond donors (Lipinski definition) is 2. The van der Waals surface area contributed by atoms with Gasteiger partial charge in [0, 0.05) is 6.04 Å². The van der Waals surface area contributed by atoms with Crippen LogP contribution < -0.4 is 11.5 Å². The number of rotatable bonds is 5. The van der Waals surface area contributed by atoms with Gasteiger partial charge >= 0.3 is 12.4 Å². The topological polar surface area (TPSA) is 52.0 Å². The lowest BCUT2D eigenvalue weighted by Crippen LogP contribution is -2.19. The maximum absolute atomic E-state index is 12.9. The monoisotopic (exact) mass is 314 g/mol. The van der Waals surface area contributed by atoms with Crippen molar-refractivity contribution in [3.63, 3.8) is 0 Å². The molecule has 0 aromatic heterocycles. The van der Waals surface area contributed by atoms with Crippen molar-refractivity contribution >= 4 is 0 Å². The van der Waals surface area contributed by atoms with Gasteiger partial charge in [-0.2, -0.15) is 26.3 Å². The lowest BCUT2D eigenvalue weighted by Gasteiger charge is -2.20. The molecule has 1 aromatic carbocycles. The van der Waals surface area contributed by atoms with Crippen molar-refractivity contribution in [3.05, 3.63) is 34.9 Å². The van der Waals surface area contributed by atoms with Crippen molar-refractivity contribution in [1.29, 1.82) is 0 Å². The van der Waals surface area contributed by atoms with Gasteiger partial charge in [0.05, 0.1) is 11.1 Å². The summed E-state index contributed by atoms with van der Waals surface area (Å²) in [5.74, 6) is 0. The fraction of sp³-hybridized carbons (Fsp3) is 0.538. The van der Waals surface area contributed by atoms with Crippen molar-refractivity contribution in [1.82, 2.24) is 0 Å². The highest BCUT2D eigenvalue weighted by Crippen LogP contribution is 2.39. The van der Waals surface area contributed by atoms with E-state index in [0.29, 0.717) is 25.5 Å². The first-order valence-corrected chi connectivity index (χ1v) is 6.31. The molecule has 0 fully saturated rings. The first-order valence-electron chi connectivity index (χ1n) is 6.31. The average molecular weight is 314 g/mol. The van der Waals surface area contributed by atoms with E-state index in [-0.39, 0.29) is 18.1 Å². The highest BCUT2D eigenvalue weighted by Gasteiger charge is 2.38. The predicted octanol–water partition coefficient (Wildman–Crippen LogP) is 3.85. The standard InChI is InChI=1S/C13H16F6N2/c14-12(15,16)8-4-5-9(10(7-8)13(17,18)19)11(21)3-1-2-6-20/h4-5,7,11H,1-3,6,20-21H2/t11-/m1/s1. The van der Waals surface area contributed by atoms with Gasteiger partial charge in [-0.15, -0.1) is 0 Å². The van der Waals surface area contributed by atoms with Crippen LogP contribution in [0.25, 0.3) is 0 Å². The summed E-state index contributed by atoms with van der Waals surface area (Å²) in [4.78, 5) is 0. The Morgan fingerprint density at radius 3 is 2.05 bits per heavy atom. The number of unbranched alkanes of at least 4 members (excludes halogenated alkanes) is 1. The molecule has 0 saturated carbocycles. The molecule has 1 rings (SSSR count). The molecule has 0 radical (unpaired) electrons. The zero-order valence-corrected chi connectivity index (χ0v) is 11.1. The molecule has 0 aliphatic carbocycles. The summed E-state index contributed by atoms with van der Waals surface area (Å²) in [5, 5.41) is 0. The number of hydrogen-bond acceptors (Lipinski definition) is 2. The van der Waals surface area contributed by atoms with E-state index in [1.165, 1.54) is 0 Å². The van der Waals surface area contributed by atoms with Crippen molar-refractivity contribution in [2.24, 2.45) is 11.5 Å². The van der Waals surface area contributed by atoms with E-state index >= 15 is 0 Å². The third-order valence-corrected chi connectivity index (χ3v) is 3.05. The maximum atomic E-state index is 12.9. The second kappa shape index (κ2) is 6.65. The van der Waals surface area contributed by atoms with Crippen LogP contribution in [0.1, 0.15) is 42.0 Å². The first-order chi connectivity index (χ1) is 9.57. The van der Waals surface area contributed by atoms with Gasteiger partial charge in [0.15, 0.2) is 0 Å². The Kier molecular flexibility index (Phi) is 5.63. The Balaban J connectivity index is 3.14. The molecule has 0 spiro atoms. The highest BCUT2D eigenvalue weighted by molar-refractivity contribution is 5.37. The van der Waals surface area contributed by atoms with Crippen LogP contribution >= 0.6 is 0 Å². The van der Waals surface area contributed by atoms with Gasteiger partial charge in [0.2, 0.25) is 0 Å². The lowest BCUT2D eigenvalue weighted by molar-refractivity contribution is -0.143. The zero-order chi connectivity index (χ0) is 16.3. The maximum Gasteiger partial charge on any atom is 0.416 e. The Morgan fingerprint density at radius 1 is 0.952 bits per heavy atom. The summed E-state index contributed by atoms with van der Waals surface area (Å²) >= 11 is 0. The number of nitrogens with two attached hydrogens (primary N) is 2. The van der Waals surface area contributed by atoms with Crippen LogP contribution in [-0.2, 0) is 12.4 Å². The van der Waals surface area contributed by atoms with E-state index in [4.69, 9.17) is 11.5 Å². The second-order valence-corrected chi connectivity index (χ2v) is 4.69. The fourth-order valence-electron chi connectivity index (χ4n) is 1.97. The summed E-state index contributed by atoms with van der Waals surface area (Å²) in [6, 6.07) is 0.556. The van der Waals surface area contributed by atoms with E-state index in [1.807, 2.05) is 0 Å². The summed E-state index contributed by atoms with van der Waals surface area (Å²) in [5.41, 5.74) is 7.94. The normalized spacial score (nSPS) is 14.3. The summed E-state index contributed by atoms with van der Waals surface area (Å²) in [7, 11) is 0. The highest BCUT2D eigenvalue weighted by atomic mass is 19.4. The molecule has 120 valence electrons. The molecule has 21 heavy (non-hydrogen) atoms. The third kappa shape index (κ3) is 4.89. The van der Waals surface area contributed by atoms with Gasteiger partial charge in [-0.1, -0.05) is 12.5 Å². The molecular weight excluding hydrogens is 298 g/mol. The van der Waals surface area contributed by atoms with E-state index in [9.17, 15) is 26.3 Å². The van der Waals surface area contributed by atoms with Crippen LogP contribution in [0.15, 0.2) is 18.2 Å². The fourth-order valence-corrected chi connectivity index (χ4v) is 1.97. The molecule has 0 aliphatic heterocycles. The van der Waals surface area contributed by atoms with E-state index < -0.39 is 29.5 Å². The van der Waals surface area contributed by atoms with E-state index in [0.717, 1.165) is 6.07 Å². The molecule has 2 nitrogen and oxygen atoms in total. The molecule has 0 heterocycles. The first kappa shape index (κ1) is 17.8. The Hall–Kier alpha value is -1.28. The molecule has 4 N–H and O–H groups in total. The van der Waals surface area contributed by atoms with Crippen molar-refractivity contribution in [2.75, 3.05) is 6.54 Å². The minimum atomic E-state index is -4.89. The van der Waals surface area contributed by atoms with Gasteiger partial charge in [0.25, 0.3) is 0 Å². The number of alkyl halides is 6. The molecule has 0 bridgehead atoms. The average Bonchev–Trinajstić information content (AvgIpc) is 2.36. The number of benzene rings is 1. The number of halogens is 6. The van der Waals surface area contributed by atoms with Crippen LogP contribution in [0.2, 0.25) is 0 Å². The van der Waals surface area contributed by atoms with Gasteiger partial charge in [-0.3, -0.25) is 0 Å². The van der Waals surface area contributed by atoms with Crippen molar-refractivity contribution < 1.29 is 26.3 Å². The molecule has 0 amide bonds. The molecule has 1 atom stereocenters. The minimum absolute atomic E-state index is 0.109. The molecule has 1 aromatic rings. The smallest absolute Gasteiger partial charge is 0.330 e. The largest absolute Gasteiger partial charge is 0.416 e. The van der Waals surface area contributed by atoms with Gasteiger partial charge in [-0.05, 0) is 37.1 Å². The Bertz CT molecular complexity index is 467. The van der Waals surface area contributed by atoms with Gasteiger partial charge in [-0.25, -0.2) is 0 Å². The van der Waals surface area contributed by atoms with Gasteiger partial charge < -0.3 is 11.5 Å². The summed E-state index contributed by atoms with van der Waals surface area (Å²) < 4.78 is 76.3. The van der Waals surface area contributed by atoms with Gasteiger partial charge in [0.1, 0.15) is 0 Å². The van der Waals surface area contributed by atoms with Crippen molar-refractivity contribution in [2.45, 2.75) is 37.7 Å². The van der Waals surface area contributed by atoms with Crippen LogP contribution in [0.4, 0.5) is 26.3 Å². The summed E-state index contributed by atoms with van der Waals surface area (Å²) in [6.07, 6.45) is -8.39. The van der Waals surface area contributed by atoms with Crippen LogP contribution in [-0.4, -0.2) is 6.54 Å². The van der Waals surface area contributed by atoms with E-state index in [2.05, 4.69) is 0 Å². The Labute approximate surface area is 118 Å².